The van der Waals surface area contributed by atoms with E-state index < -0.39 is 0 Å². The predicted molar refractivity (Wildman–Crippen MR) is 244 cm³/mol. The Balaban J connectivity index is 1.22. The minimum atomic E-state index is 0.458. The molecule has 286 valence electrons. The van der Waals surface area contributed by atoms with Gasteiger partial charge in [-0.2, -0.15) is 0 Å². The molecule has 0 bridgehead atoms. The second-order valence-electron chi connectivity index (χ2n) is 14.9. The van der Waals surface area contributed by atoms with Gasteiger partial charge in [-0.3, -0.25) is 0 Å². The summed E-state index contributed by atoms with van der Waals surface area (Å²) >= 11 is 0. The maximum Gasteiger partial charge on any atom is 0.164 e. The third kappa shape index (κ3) is 7.35. The van der Waals surface area contributed by atoms with Crippen molar-refractivity contribution in [3.8, 4) is 39.6 Å². The third-order valence-electron chi connectivity index (χ3n) is 10.9. The first-order valence-corrected chi connectivity index (χ1v) is 20.1. The summed E-state index contributed by atoms with van der Waals surface area (Å²) in [5, 5.41) is 3.13. The van der Waals surface area contributed by atoms with Gasteiger partial charge in [0.2, 0.25) is 0 Å². The van der Waals surface area contributed by atoms with Gasteiger partial charge in [0, 0.05) is 50.5 Å². The molecule has 0 radical (unpaired) electrons. The first kappa shape index (κ1) is 37.2. The number of nitrogens with zero attached hydrogens (tertiary/aromatic N) is 4. The third-order valence-corrected chi connectivity index (χ3v) is 10.9. The molecule has 0 N–H and O–H groups in total. The van der Waals surface area contributed by atoms with Gasteiger partial charge < -0.3 is 8.98 Å². The quantitative estimate of drug-likeness (QED) is 0.137. The maximum atomic E-state index is 6.55. The Kier molecular flexibility index (Phi) is 10.2. The van der Waals surface area contributed by atoms with E-state index in [4.69, 9.17) is 19.4 Å². The zero-order chi connectivity index (χ0) is 40.3. The Morgan fingerprint density at radius 3 is 2.05 bits per heavy atom. The fourth-order valence-corrected chi connectivity index (χ4v) is 7.99. The minimum Gasteiger partial charge on any atom is -0.460 e. The van der Waals surface area contributed by atoms with Gasteiger partial charge in [0.05, 0.1) is 10.9 Å². The van der Waals surface area contributed by atoms with Gasteiger partial charge in [-0.1, -0.05) is 159 Å². The van der Waals surface area contributed by atoms with Crippen LogP contribution >= 0.6 is 0 Å². The van der Waals surface area contributed by atoms with Gasteiger partial charge in [0.25, 0.3) is 0 Å². The normalized spacial score (nSPS) is 14.7. The van der Waals surface area contributed by atoms with Gasteiger partial charge in [0.1, 0.15) is 11.5 Å². The number of aromatic nitrogens is 4. The SMILES string of the molecule is C=C/C=C(/c1ccc(-c2ccc3c(c2)c(=Cc2nc(-c4ccccc4)nc(-c4ccccc4)n2)/c(=C\C=C/C)n3-c2ccccc2)cc1)c1oc2c(c1C)C=CC(C)C2. The molecule has 5 heteroatoms. The summed E-state index contributed by atoms with van der Waals surface area (Å²) < 4.78 is 8.87. The molecule has 0 spiro atoms. The van der Waals surface area contributed by atoms with E-state index in [-0.39, 0.29) is 0 Å². The van der Waals surface area contributed by atoms with Crippen molar-refractivity contribution in [1.82, 2.24) is 19.5 Å². The van der Waals surface area contributed by atoms with E-state index in [0.717, 1.165) is 84.1 Å². The summed E-state index contributed by atoms with van der Waals surface area (Å²) in [6.07, 6.45) is 17.7. The lowest BCUT2D eigenvalue weighted by Gasteiger charge is -2.10. The Bertz CT molecular complexity index is 2980. The van der Waals surface area contributed by atoms with Crippen LogP contribution in [0.3, 0.4) is 0 Å². The maximum absolute atomic E-state index is 6.55. The summed E-state index contributed by atoms with van der Waals surface area (Å²) in [7, 11) is 0. The molecule has 9 rings (SSSR count). The molecule has 1 atom stereocenters. The molecule has 0 fully saturated rings. The van der Waals surface area contributed by atoms with Crippen LogP contribution in [0.5, 0.6) is 0 Å². The van der Waals surface area contributed by atoms with Crippen LogP contribution in [0.1, 0.15) is 47.9 Å². The summed E-state index contributed by atoms with van der Waals surface area (Å²) in [4.78, 5) is 15.1. The number of furan rings is 1. The lowest BCUT2D eigenvalue weighted by Crippen LogP contribution is -2.28. The van der Waals surface area contributed by atoms with Crippen LogP contribution in [-0.4, -0.2) is 19.5 Å². The Morgan fingerprint density at radius 2 is 1.41 bits per heavy atom. The standard InChI is InChI=1S/C54H44N4O/c1-5-7-24-48-47(35-51-55-53(40-18-11-8-12-19-40)57-54(56-51)41-20-13-9-14-21-41)46-34-42(30-32-49(46)58(48)43-22-15-10-16-23-43)38-26-28-39(29-27-38)45(17-6-2)52-37(4)44-31-25-36(3)33-50(44)59-52/h5-32,34-36H,2,33H2,1,3-4H3/b7-5-,45-17-,47-35?,48-24+. The van der Waals surface area contributed by atoms with E-state index >= 15 is 0 Å². The highest BCUT2D eigenvalue weighted by Gasteiger charge is 2.23. The van der Waals surface area contributed by atoms with E-state index in [1.165, 1.54) is 5.56 Å². The van der Waals surface area contributed by atoms with Crippen molar-refractivity contribution in [2.45, 2.75) is 27.2 Å². The van der Waals surface area contributed by atoms with Crippen LogP contribution in [0.2, 0.25) is 0 Å². The number of allylic oxidation sites excluding steroid dienone is 5. The van der Waals surface area contributed by atoms with Gasteiger partial charge in [-0.05, 0) is 72.9 Å². The van der Waals surface area contributed by atoms with E-state index in [1.54, 1.807) is 0 Å². The summed E-state index contributed by atoms with van der Waals surface area (Å²) in [5.41, 5.74) is 10.7. The van der Waals surface area contributed by atoms with Crippen molar-refractivity contribution >= 4 is 34.7 Å². The molecule has 5 aromatic carbocycles. The monoisotopic (exact) mass is 764 g/mol. The topological polar surface area (TPSA) is 56.7 Å². The van der Waals surface area contributed by atoms with Crippen molar-refractivity contribution in [3.63, 3.8) is 0 Å². The van der Waals surface area contributed by atoms with Crippen molar-refractivity contribution in [2.75, 3.05) is 0 Å². The first-order chi connectivity index (χ1) is 29.0. The molecule has 0 amide bonds. The van der Waals surface area contributed by atoms with E-state index in [1.807, 2.05) is 73.7 Å². The molecule has 59 heavy (non-hydrogen) atoms. The van der Waals surface area contributed by atoms with Gasteiger partial charge in [0.15, 0.2) is 17.5 Å². The molecular formula is C54H44N4O. The molecule has 1 aliphatic rings. The van der Waals surface area contributed by atoms with Crippen LogP contribution in [0.25, 0.3) is 74.3 Å². The van der Waals surface area contributed by atoms with Crippen LogP contribution < -0.4 is 10.6 Å². The molecule has 3 aromatic heterocycles. The molecule has 3 heterocycles. The molecule has 8 aromatic rings. The molecular weight excluding hydrogens is 721 g/mol. The highest BCUT2D eigenvalue weighted by molar-refractivity contribution is 5.90. The fourth-order valence-electron chi connectivity index (χ4n) is 7.99. The van der Waals surface area contributed by atoms with Crippen molar-refractivity contribution < 1.29 is 4.42 Å². The fraction of sp³-hybridized carbons (Fsp3) is 0.0926. The number of fused-ring (bicyclic) bond motifs is 2. The average molecular weight is 765 g/mol. The molecule has 0 aliphatic heterocycles. The number of hydrogen-bond donors (Lipinski definition) is 0. The number of hydrogen-bond acceptors (Lipinski definition) is 4. The second kappa shape index (κ2) is 16.2. The molecule has 0 saturated heterocycles. The summed E-state index contributed by atoms with van der Waals surface area (Å²) in [6.45, 7) is 10.5. The zero-order valence-corrected chi connectivity index (χ0v) is 33.5. The lowest BCUT2D eigenvalue weighted by atomic mass is 9.93. The zero-order valence-electron chi connectivity index (χ0n) is 33.5. The predicted octanol–water partition coefficient (Wildman–Crippen LogP) is 11.7. The summed E-state index contributed by atoms with van der Waals surface area (Å²) in [6, 6.07) is 46.2. The van der Waals surface area contributed by atoms with Crippen molar-refractivity contribution in [3.05, 3.63) is 215 Å². The highest BCUT2D eigenvalue weighted by Crippen LogP contribution is 2.37. The Labute approximate surface area is 345 Å². The molecule has 0 saturated carbocycles. The smallest absolute Gasteiger partial charge is 0.164 e. The number of rotatable bonds is 9. The first-order valence-electron chi connectivity index (χ1n) is 20.1. The molecule has 5 nitrogen and oxygen atoms in total. The largest absolute Gasteiger partial charge is 0.460 e. The van der Waals surface area contributed by atoms with Crippen LogP contribution in [0, 0.1) is 12.8 Å². The second-order valence-corrected chi connectivity index (χ2v) is 14.9. The minimum absolute atomic E-state index is 0.458. The van der Waals surface area contributed by atoms with Crippen molar-refractivity contribution in [1.29, 1.82) is 0 Å². The summed E-state index contributed by atoms with van der Waals surface area (Å²) in [5.74, 6) is 4.24. The van der Waals surface area contributed by atoms with E-state index in [2.05, 4.69) is 140 Å². The Hall–Kier alpha value is -7.37. The van der Waals surface area contributed by atoms with Gasteiger partial charge in [-0.25, -0.2) is 15.0 Å². The Morgan fingerprint density at radius 1 is 0.763 bits per heavy atom. The molecule has 1 unspecified atom stereocenters. The van der Waals surface area contributed by atoms with Crippen LogP contribution in [0.4, 0.5) is 0 Å². The van der Waals surface area contributed by atoms with Crippen LogP contribution in [-0.2, 0) is 6.42 Å². The lowest BCUT2D eigenvalue weighted by molar-refractivity contribution is 0.473. The number of para-hydroxylation sites is 1. The van der Waals surface area contributed by atoms with Gasteiger partial charge in [-0.15, -0.1) is 0 Å². The van der Waals surface area contributed by atoms with Crippen LogP contribution in [0.15, 0.2) is 175 Å². The highest BCUT2D eigenvalue weighted by atomic mass is 16.3. The average Bonchev–Trinajstić information content (AvgIpc) is 3.77. The van der Waals surface area contributed by atoms with Crippen molar-refractivity contribution in [2.24, 2.45) is 5.92 Å². The van der Waals surface area contributed by atoms with E-state index in [0.29, 0.717) is 23.4 Å². The molecule has 1 aliphatic carbocycles. The van der Waals surface area contributed by atoms with E-state index in [9.17, 15) is 0 Å². The number of benzene rings is 5. The van der Waals surface area contributed by atoms with Gasteiger partial charge >= 0.3 is 0 Å².